The van der Waals surface area contributed by atoms with Gasteiger partial charge in [0.1, 0.15) is 0 Å². The van der Waals surface area contributed by atoms with Crippen molar-refractivity contribution in [1.29, 1.82) is 0 Å². The van der Waals surface area contributed by atoms with E-state index in [1.54, 1.807) is 19.2 Å². The zero-order chi connectivity index (χ0) is 22.8. The molecule has 0 aliphatic heterocycles. The highest BCUT2D eigenvalue weighted by atomic mass is 32.2. The van der Waals surface area contributed by atoms with Gasteiger partial charge in [-0.3, -0.25) is 9.48 Å². The Morgan fingerprint density at radius 1 is 1.06 bits per heavy atom. The summed E-state index contributed by atoms with van der Waals surface area (Å²) in [5, 5.41) is 7.22. The minimum Gasteiger partial charge on any atom is -0.351 e. The van der Waals surface area contributed by atoms with Gasteiger partial charge in [0.2, 0.25) is 5.91 Å². The first-order chi connectivity index (χ1) is 15.3. The van der Waals surface area contributed by atoms with Crippen LogP contribution in [0.5, 0.6) is 0 Å². The fourth-order valence-electron chi connectivity index (χ4n) is 4.56. The van der Waals surface area contributed by atoms with Crippen LogP contribution in [0.2, 0.25) is 0 Å². The molecule has 0 radical (unpaired) electrons. The third-order valence-corrected chi connectivity index (χ3v) is 9.06. The van der Waals surface area contributed by atoms with Gasteiger partial charge in [0.05, 0.1) is 11.4 Å². The van der Waals surface area contributed by atoms with Crippen molar-refractivity contribution in [3.05, 3.63) is 83.2 Å². The summed E-state index contributed by atoms with van der Waals surface area (Å²) in [6.45, 7) is 4.53. The average molecular weight is 452 g/mol. The predicted octanol–water partition coefficient (Wildman–Crippen LogP) is 3.95. The van der Waals surface area contributed by atoms with Gasteiger partial charge < -0.3 is 5.32 Å². The molecular formula is C25H29N3O3S. The van der Waals surface area contributed by atoms with Crippen molar-refractivity contribution >= 4 is 15.7 Å². The molecule has 7 heteroatoms. The number of carbonyl (C=O) groups is 1. The maximum Gasteiger partial charge on any atom is 0.242 e. The second kappa shape index (κ2) is 8.90. The standard InChI is InChI=1S/C25H29N3O3S/c1-19-10-11-20(2)23(16-19)32(30,31)25(12-5-6-13-25)24(29)26-17-21-8-3-4-9-22(21)18-28-15-7-14-27-28/h3-4,7-11,14-16H,5-6,12-13,17-18H2,1-2H3,(H,26,29). The van der Waals surface area contributed by atoms with E-state index in [-0.39, 0.29) is 11.4 Å². The molecule has 32 heavy (non-hydrogen) atoms. The van der Waals surface area contributed by atoms with E-state index in [9.17, 15) is 13.2 Å². The molecule has 4 rings (SSSR count). The number of aryl methyl sites for hydroxylation is 2. The molecule has 1 fully saturated rings. The molecule has 168 valence electrons. The predicted molar refractivity (Wildman–Crippen MR) is 124 cm³/mol. The molecule has 0 unspecified atom stereocenters. The molecule has 0 atom stereocenters. The zero-order valence-electron chi connectivity index (χ0n) is 18.5. The first kappa shape index (κ1) is 22.3. The van der Waals surface area contributed by atoms with E-state index in [1.165, 1.54) is 0 Å². The van der Waals surface area contributed by atoms with Crippen molar-refractivity contribution in [1.82, 2.24) is 15.1 Å². The third-order valence-electron chi connectivity index (χ3n) is 6.42. The van der Waals surface area contributed by atoms with Crippen molar-refractivity contribution in [2.45, 2.75) is 62.3 Å². The van der Waals surface area contributed by atoms with Crippen LogP contribution in [-0.4, -0.2) is 28.9 Å². The van der Waals surface area contributed by atoms with Crippen LogP contribution in [0.1, 0.15) is 47.9 Å². The molecule has 1 amide bonds. The van der Waals surface area contributed by atoms with Gasteiger partial charge in [-0.25, -0.2) is 8.42 Å². The number of rotatable bonds is 7. The summed E-state index contributed by atoms with van der Waals surface area (Å²) in [4.78, 5) is 13.7. The van der Waals surface area contributed by atoms with Crippen LogP contribution < -0.4 is 5.32 Å². The smallest absolute Gasteiger partial charge is 0.242 e. The minimum absolute atomic E-state index is 0.272. The van der Waals surface area contributed by atoms with Gasteiger partial charge in [-0.05, 0) is 61.1 Å². The van der Waals surface area contributed by atoms with Crippen LogP contribution in [0, 0.1) is 13.8 Å². The molecule has 0 spiro atoms. The van der Waals surface area contributed by atoms with Crippen molar-refractivity contribution in [2.75, 3.05) is 0 Å². The highest BCUT2D eigenvalue weighted by Gasteiger charge is 2.53. The Bertz CT molecular complexity index is 1210. The summed E-state index contributed by atoms with van der Waals surface area (Å²) in [5.41, 5.74) is 3.54. The lowest BCUT2D eigenvalue weighted by Gasteiger charge is -2.28. The van der Waals surface area contributed by atoms with Crippen LogP contribution in [0.15, 0.2) is 65.8 Å². The van der Waals surface area contributed by atoms with Gasteiger partial charge in [-0.2, -0.15) is 5.10 Å². The summed E-state index contributed by atoms with van der Waals surface area (Å²) in [7, 11) is -3.83. The minimum atomic E-state index is -3.83. The summed E-state index contributed by atoms with van der Waals surface area (Å²) >= 11 is 0. The fourth-order valence-corrected chi connectivity index (χ4v) is 6.96. The van der Waals surface area contributed by atoms with Crippen LogP contribution in [-0.2, 0) is 27.7 Å². The molecule has 0 saturated heterocycles. The van der Waals surface area contributed by atoms with E-state index in [2.05, 4.69) is 10.4 Å². The Labute approximate surface area is 189 Å². The number of hydrogen-bond donors (Lipinski definition) is 1. The molecule has 2 aromatic carbocycles. The van der Waals surface area contributed by atoms with Gasteiger partial charge >= 0.3 is 0 Å². The number of carbonyl (C=O) groups excluding carboxylic acids is 1. The molecule has 1 aliphatic rings. The molecule has 3 aromatic rings. The molecular weight excluding hydrogens is 422 g/mol. The summed E-state index contributed by atoms with van der Waals surface area (Å²) < 4.78 is 28.0. The molecule has 1 saturated carbocycles. The van der Waals surface area contributed by atoms with Crippen molar-refractivity contribution in [3.63, 3.8) is 0 Å². The molecule has 1 N–H and O–H groups in total. The quantitative estimate of drug-likeness (QED) is 0.590. The highest BCUT2D eigenvalue weighted by Crippen LogP contribution is 2.41. The number of sulfone groups is 1. The summed E-state index contributed by atoms with van der Waals surface area (Å²) in [5.74, 6) is -0.398. The molecule has 1 heterocycles. The van der Waals surface area contributed by atoms with Crippen LogP contribution in [0.4, 0.5) is 0 Å². The van der Waals surface area contributed by atoms with E-state index in [0.29, 0.717) is 24.9 Å². The number of aromatic nitrogens is 2. The van der Waals surface area contributed by atoms with Gasteiger partial charge in [0, 0.05) is 18.9 Å². The van der Waals surface area contributed by atoms with Gasteiger partial charge in [-0.15, -0.1) is 0 Å². The molecule has 0 bridgehead atoms. The highest BCUT2D eigenvalue weighted by molar-refractivity contribution is 7.93. The van der Waals surface area contributed by atoms with Crippen molar-refractivity contribution in [3.8, 4) is 0 Å². The second-order valence-electron chi connectivity index (χ2n) is 8.63. The van der Waals surface area contributed by atoms with Crippen molar-refractivity contribution < 1.29 is 13.2 Å². The third kappa shape index (κ3) is 4.09. The number of amides is 1. The molecule has 1 aromatic heterocycles. The molecule has 1 aliphatic carbocycles. The van der Waals surface area contributed by atoms with Crippen LogP contribution in [0.25, 0.3) is 0 Å². The number of nitrogens with one attached hydrogen (secondary N) is 1. The largest absolute Gasteiger partial charge is 0.351 e. The maximum atomic E-state index is 13.8. The number of benzene rings is 2. The van der Waals surface area contributed by atoms with E-state index < -0.39 is 20.5 Å². The van der Waals surface area contributed by atoms with Crippen LogP contribution >= 0.6 is 0 Å². The normalized spacial score (nSPS) is 15.6. The number of hydrogen-bond acceptors (Lipinski definition) is 4. The number of nitrogens with zero attached hydrogens (tertiary/aromatic N) is 2. The fraction of sp³-hybridized carbons (Fsp3) is 0.360. The first-order valence-electron chi connectivity index (χ1n) is 11.0. The van der Waals surface area contributed by atoms with Gasteiger partial charge in [-0.1, -0.05) is 49.2 Å². The lowest BCUT2D eigenvalue weighted by molar-refractivity contribution is -0.123. The lowest BCUT2D eigenvalue weighted by atomic mass is 10.0. The maximum absolute atomic E-state index is 13.8. The Morgan fingerprint density at radius 2 is 1.78 bits per heavy atom. The SMILES string of the molecule is Cc1ccc(C)c(S(=O)(=O)C2(C(=O)NCc3ccccc3Cn3cccn3)CCCC2)c1. The Hall–Kier alpha value is -2.93. The Balaban J connectivity index is 1.60. The van der Waals surface area contributed by atoms with Gasteiger partial charge in [0.25, 0.3) is 0 Å². The van der Waals surface area contributed by atoms with E-state index in [0.717, 1.165) is 29.5 Å². The topological polar surface area (TPSA) is 81.1 Å². The van der Waals surface area contributed by atoms with Gasteiger partial charge in [0.15, 0.2) is 14.6 Å². The van der Waals surface area contributed by atoms with E-state index in [4.69, 9.17) is 0 Å². The van der Waals surface area contributed by atoms with E-state index >= 15 is 0 Å². The zero-order valence-corrected chi connectivity index (χ0v) is 19.4. The van der Waals surface area contributed by atoms with Crippen molar-refractivity contribution in [2.24, 2.45) is 0 Å². The summed E-state index contributed by atoms with van der Waals surface area (Å²) in [6.07, 6.45) is 5.78. The monoisotopic (exact) mass is 451 g/mol. The van der Waals surface area contributed by atoms with E-state index in [1.807, 2.05) is 60.3 Å². The Kier molecular flexibility index (Phi) is 6.20. The second-order valence-corrected chi connectivity index (χ2v) is 10.9. The lowest BCUT2D eigenvalue weighted by Crippen LogP contribution is -2.50. The molecule has 6 nitrogen and oxygen atoms in total. The van der Waals surface area contributed by atoms with Crippen LogP contribution in [0.3, 0.4) is 0 Å². The first-order valence-corrected chi connectivity index (χ1v) is 12.5. The Morgan fingerprint density at radius 3 is 2.47 bits per heavy atom. The average Bonchev–Trinajstić information content (AvgIpc) is 3.47. The summed E-state index contributed by atoms with van der Waals surface area (Å²) in [6, 6.07) is 15.1.